The SMILES string of the molecule is CC(C)(CC(=O)O)CC(=O)Nc1cccc(C(=O)O)c1. The summed E-state index contributed by atoms with van der Waals surface area (Å²) in [4.78, 5) is 33.3. The topological polar surface area (TPSA) is 104 Å². The van der Waals surface area contributed by atoms with E-state index >= 15 is 0 Å². The zero-order valence-electron chi connectivity index (χ0n) is 11.3. The highest BCUT2D eigenvalue weighted by Crippen LogP contribution is 2.25. The first-order valence-corrected chi connectivity index (χ1v) is 6.05. The van der Waals surface area contributed by atoms with Gasteiger partial charge in [0.2, 0.25) is 5.91 Å². The molecule has 6 nitrogen and oxygen atoms in total. The molecule has 0 spiro atoms. The summed E-state index contributed by atoms with van der Waals surface area (Å²) in [6.07, 6.45) is -0.0772. The first-order chi connectivity index (χ1) is 9.19. The van der Waals surface area contributed by atoms with Gasteiger partial charge in [-0.05, 0) is 23.6 Å². The van der Waals surface area contributed by atoms with E-state index in [-0.39, 0.29) is 24.3 Å². The van der Waals surface area contributed by atoms with Gasteiger partial charge in [0.05, 0.1) is 12.0 Å². The average Bonchev–Trinajstić information content (AvgIpc) is 2.25. The Morgan fingerprint density at radius 3 is 2.35 bits per heavy atom. The number of benzene rings is 1. The molecule has 0 fully saturated rings. The number of nitrogens with one attached hydrogen (secondary N) is 1. The van der Waals surface area contributed by atoms with E-state index in [0.29, 0.717) is 5.69 Å². The minimum Gasteiger partial charge on any atom is -0.481 e. The molecule has 0 bridgehead atoms. The van der Waals surface area contributed by atoms with Crippen LogP contribution in [0, 0.1) is 5.41 Å². The van der Waals surface area contributed by atoms with Gasteiger partial charge in [0.25, 0.3) is 0 Å². The maximum absolute atomic E-state index is 11.8. The normalized spacial score (nSPS) is 10.9. The number of hydrogen-bond donors (Lipinski definition) is 3. The molecule has 0 aliphatic heterocycles. The quantitative estimate of drug-likeness (QED) is 0.740. The molecular formula is C14H17NO5. The lowest BCUT2D eigenvalue weighted by Gasteiger charge is -2.21. The van der Waals surface area contributed by atoms with Crippen LogP contribution in [0.25, 0.3) is 0 Å². The van der Waals surface area contributed by atoms with Gasteiger partial charge >= 0.3 is 11.9 Å². The molecule has 0 atom stereocenters. The number of amides is 1. The van der Waals surface area contributed by atoms with Crippen LogP contribution in [0.2, 0.25) is 0 Å². The van der Waals surface area contributed by atoms with Crippen molar-refractivity contribution in [3.05, 3.63) is 29.8 Å². The number of rotatable bonds is 6. The molecule has 0 heterocycles. The van der Waals surface area contributed by atoms with E-state index in [2.05, 4.69) is 5.32 Å². The van der Waals surface area contributed by atoms with E-state index in [1.54, 1.807) is 19.9 Å². The van der Waals surface area contributed by atoms with Gasteiger partial charge in [-0.1, -0.05) is 19.9 Å². The fourth-order valence-corrected chi connectivity index (χ4v) is 1.84. The Morgan fingerprint density at radius 2 is 1.80 bits per heavy atom. The molecule has 0 aliphatic carbocycles. The first-order valence-electron chi connectivity index (χ1n) is 6.05. The minimum atomic E-state index is -1.08. The van der Waals surface area contributed by atoms with E-state index < -0.39 is 17.4 Å². The molecule has 6 heteroatoms. The number of carbonyl (C=O) groups is 3. The maximum atomic E-state index is 11.8. The Hall–Kier alpha value is -2.37. The molecule has 1 aromatic rings. The van der Waals surface area contributed by atoms with E-state index in [9.17, 15) is 14.4 Å². The van der Waals surface area contributed by atoms with Gasteiger partial charge in [0.15, 0.2) is 0 Å². The number of anilines is 1. The van der Waals surface area contributed by atoms with Crippen molar-refractivity contribution < 1.29 is 24.6 Å². The Kier molecular flexibility index (Phi) is 4.85. The molecule has 20 heavy (non-hydrogen) atoms. The van der Waals surface area contributed by atoms with Crippen LogP contribution in [-0.2, 0) is 9.59 Å². The fraction of sp³-hybridized carbons (Fsp3) is 0.357. The summed E-state index contributed by atoms with van der Waals surface area (Å²) in [5.41, 5.74) is -0.214. The van der Waals surface area contributed by atoms with Crippen molar-refractivity contribution in [2.24, 2.45) is 5.41 Å². The third-order valence-corrected chi connectivity index (χ3v) is 2.66. The van der Waals surface area contributed by atoms with Crippen LogP contribution in [0.1, 0.15) is 37.0 Å². The van der Waals surface area contributed by atoms with E-state index in [4.69, 9.17) is 10.2 Å². The van der Waals surface area contributed by atoms with Gasteiger partial charge in [0.1, 0.15) is 0 Å². The molecule has 108 valence electrons. The molecule has 1 aromatic carbocycles. The summed E-state index contributed by atoms with van der Waals surface area (Å²) < 4.78 is 0. The number of carbonyl (C=O) groups excluding carboxylic acids is 1. The van der Waals surface area contributed by atoms with Gasteiger partial charge in [-0.3, -0.25) is 9.59 Å². The van der Waals surface area contributed by atoms with Crippen LogP contribution in [-0.4, -0.2) is 28.1 Å². The van der Waals surface area contributed by atoms with Crippen molar-refractivity contribution in [1.82, 2.24) is 0 Å². The second-order valence-electron chi connectivity index (χ2n) is 5.35. The van der Waals surface area contributed by atoms with Crippen LogP contribution in [0.3, 0.4) is 0 Å². The van der Waals surface area contributed by atoms with Crippen molar-refractivity contribution >= 4 is 23.5 Å². The summed E-state index contributed by atoms with van der Waals surface area (Å²) in [6.45, 7) is 3.38. The highest BCUT2D eigenvalue weighted by Gasteiger charge is 2.25. The monoisotopic (exact) mass is 279 g/mol. The van der Waals surface area contributed by atoms with Gasteiger partial charge in [0, 0.05) is 12.1 Å². The summed E-state index contributed by atoms with van der Waals surface area (Å²) in [5.74, 6) is -2.39. The molecule has 0 saturated carbocycles. The Balaban J connectivity index is 2.69. The molecule has 3 N–H and O–H groups in total. The molecule has 0 radical (unpaired) electrons. The van der Waals surface area contributed by atoms with E-state index in [1.165, 1.54) is 18.2 Å². The average molecular weight is 279 g/mol. The summed E-state index contributed by atoms with van der Waals surface area (Å²) >= 11 is 0. The van der Waals surface area contributed by atoms with Gasteiger partial charge < -0.3 is 15.5 Å². The van der Waals surface area contributed by atoms with E-state index in [1.807, 2.05) is 0 Å². The van der Waals surface area contributed by atoms with Crippen LogP contribution in [0.4, 0.5) is 5.69 Å². The Labute approximate surface area is 116 Å². The van der Waals surface area contributed by atoms with Crippen LogP contribution >= 0.6 is 0 Å². The lowest BCUT2D eigenvalue weighted by atomic mass is 9.85. The largest absolute Gasteiger partial charge is 0.481 e. The Bertz CT molecular complexity index is 536. The van der Waals surface area contributed by atoms with Gasteiger partial charge in [-0.25, -0.2) is 4.79 Å². The summed E-state index contributed by atoms with van der Waals surface area (Å²) in [5, 5.41) is 20.2. The number of aromatic carboxylic acids is 1. The molecule has 1 rings (SSSR count). The van der Waals surface area contributed by atoms with Crippen LogP contribution < -0.4 is 5.32 Å². The zero-order chi connectivity index (χ0) is 15.3. The third-order valence-electron chi connectivity index (χ3n) is 2.66. The van der Waals surface area contributed by atoms with Crippen molar-refractivity contribution in [1.29, 1.82) is 0 Å². The third kappa shape index (κ3) is 5.09. The summed E-state index contributed by atoms with van der Waals surface area (Å²) in [7, 11) is 0. The first kappa shape index (κ1) is 15.7. The van der Waals surface area contributed by atoms with Crippen molar-refractivity contribution in [3.8, 4) is 0 Å². The van der Waals surface area contributed by atoms with E-state index in [0.717, 1.165) is 0 Å². The second-order valence-corrected chi connectivity index (χ2v) is 5.35. The predicted octanol–water partition coefficient (Wildman–Crippen LogP) is 2.21. The smallest absolute Gasteiger partial charge is 0.335 e. The van der Waals surface area contributed by atoms with Gasteiger partial charge in [-0.2, -0.15) is 0 Å². The highest BCUT2D eigenvalue weighted by molar-refractivity contribution is 5.94. The second kappa shape index (κ2) is 6.18. The lowest BCUT2D eigenvalue weighted by Crippen LogP contribution is -2.24. The Morgan fingerprint density at radius 1 is 1.15 bits per heavy atom. The number of aliphatic carboxylic acids is 1. The van der Waals surface area contributed by atoms with Crippen molar-refractivity contribution in [3.63, 3.8) is 0 Å². The maximum Gasteiger partial charge on any atom is 0.335 e. The lowest BCUT2D eigenvalue weighted by molar-refractivity contribution is -0.139. The van der Waals surface area contributed by atoms with Crippen molar-refractivity contribution in [2.45, 2.75) is 26.7 Å². The van der Waals surface area contributed by atoms with Crippen LogP contribution in [0.15, 0.2) is 24.3 Å². The number of carboxylic acids is 2. The predicted molar refractivity (Wildman–Crippen MR) is 72.7 cm³/mol. The highest BCUT2D eigenvalue weighted by atomic mass is 16.4. The molecule has 1 amide bonds. The molecular weight excluding hydrogens is 262 g/mol. The van der Waals surface area contributed by atoms with Gasteiger partial charge in [-0.15, -0.1) is 0 Å². The zero-order valence-corrected chi connectivity index (χ0v) is 11.3. The summed E-state index contributed by atoms with van der Waals surface area (Å²) in [6, 6.07) is 5.88. The molecule has 0 unspecified atom stereocenters. The number of carboxylic acid groups (broad SMARTS) is 2. The standard InChI is InChI=1S/C14H17NO5/c1-14(2,8-12(17)18)7-11(16)15-10-5-3-4-9(6-10)13(19)20/h3-6H,7-8H2,1-2H3,(H,15,16)(H,17,18)(H,19,20). The molecule has 0 aliphatic rings. The molecule has 0 aromatic heterocycles. The number of hydrogen-bond acceptors (Lipinski definition) is 3. The fourth-order valence-electron chi connectivity index (χ4n) is 1.84. The molecule has 0 saturated heterocycles. The van der Waals surface area contributed by atoms with Crippen LogP contribution in [0.5, 0.6) is 0 Å². The minimum absolute atomic E-state index is 0.0383. The van der Waals surface area contributed by atoms with Crippen molar-refractivity contribution in [2.75, 3.05) is 5.32 Å².